The molecule has 2 N–H and O–H groups in total. The molecule has 0 fully saturated rings. The predicted octanol–water partition coefficient (Wildman–Crippen LogP) is 5.34. The Morgan fingerprint density at radius 1 is 0.872 bits per heavy atom. The Bertz CT molecular complexity index is 1660. The molecule has 5 rings (SSSR count). The molecule has 1 aromatic heterocycles. The number of guanidine groups is 1. The van der Waals surface area contributed by atoms with Crippen molar-refractivity contribution in [2.45, 2.75) is 10.8 Å². The molecule has 0 amide bonds. The van der Waals surface area contributed by atoms with Gasteiger partial charge in [-0.05, 0) is 59.7 Å². The second-order valence-corrected chi connectivity index (χ2v) is 11.0. The quantitative estimate of drug-likeness (QED) is 0.254. The molecule has 0 saturated heterocycles. The fourth-order valence-electron chi connectivity index (χ4n) is 4.03. The van der Waals surface area contributed by atoms with Gasteiger partial charge in [0.25, 0.3) is 16.0 Å². The monoisotopic (exact) mass is 576 g/mol. The number of hydrazone groups is 1. The first kappa shape index (κ1) is 26.6. The fraction of sp³-hybridized carbons (Fsp3) is 0.0714. The maximum atomic E-state index is 13.3. The highest BCUT2D eigenvalue weighted by Crippen LogP contribution is 2.30. The lowest BCUT2D eigenvalue weighted by atomic mass is 9.91. The van der Waals surface area contributed by atoms with Crippen molar-refractivity contribution in [2.24, 2.45) is 20.2 Å². The molecule has 0 bridgehead atoms. The molecular formula is C28H22Cl2N6O2S. The molecule has 0 aliphatic carbocycles. The van der Waals surface area contributed by atoms with Crippen LogP contribution in [0, 0.1) is 0 Å². The van der Waals surface area contributed by atoms with Crippen molar-refractivity contribution in [3.63, 3.8) is 0 Å². The van der Waals surface area contributed by atoms with E-state index in [1.54, 1.807) is 36.5 Å². The third-order valence-electron chi connectivity index (χ3n) is 5.95. The highest BCUT2D eigenvalue weighted by molar-refractivity contribution is 7.90. The summed E-state index contributed by atoms with van der Waals surface area (Å²) in [6, 6.07) is 28.0. The van der Waals surface area contributed by atoms with Gasteiger partial charge in [-0.3, -0.25) is 4.98 Å². The molecule has 8 nitrogen and oxygen atoms in total. The van der Waals surface area contributed by atoms with Gasteiger partial charge in [0.1, 0.15) is 5.69 Å². The number of sulfonamides is 1. The lowest BCUT2D eigenvalue weighted by Gasteiger charge is -2.16. The largest absolute Gasteiger partial charge is 0.382 e. The summed E-state index contributed by atoms with van der Waals surface area (Å²) in [6.45, 7) is 0.274. The lowest BCUT2D eigenvalue weighted by Crippen LogP contribution is -2.28. The van der Waals surface area contributed by atoms with Gasteiger partial charge in [0.2, 0.25) is 0 Å². The van der Waals surface area contributed by atoms with Crippen molar-refractivity contribution in [2.75, 3.05) is 6.54 Å². The van der Waals surface area contributed by atoms with E-state index in [-0.39, 0.29) is 29.2 Å². The number of halogens is 2. The summed E-state index contributed by atoms with van der Waals surface area (Å²) in [5, 5.41) is 7.23. The Kier molecular flexibility index (Phi) is 7.74. The SMILES string of the molecule is NC(=NC(=NS(=O)(=O)c1ccc(Cl)cc1)N1C[C@H](c2ccccc2)C(c2ccc(Cl)cc2)=N1)c1ccccn1. The summed E-state index contributed by atoms with van der Waals surface area (Å²) < 4.78 is 30.7. The zero-order valence-corrected chi connectivity index (χ0v) is 22.7. The van der Waals surface area contributed by atoms with Crippen LogP contribution in [-0.2, 0) is 10.0 Å². The topological polar surface area (TPSA) is 113 Å². The first-order chi connectivity index (χ1) is 18.8. The van der Waals surface area contributed by atoms with Gasteiger partial charge >= 0.3 is 0 Å². The first-order valence-corrected chi connectivity index (χ1v) is 14.0. The number of nitrogens with zero attached hydrogens (tertiary/aromatic N) is 5. The highest BCUT2D eigenvalue weighted by Gasteiger charge is 2.32. The number of pyridine rings is 1. The Labute approximate surface area is 236 Å². The van der Waals surface area contributed by atoms with Gasteiger partial charge in [0.15, 0.2) is 5.84 Å². The van der Waals surface area contributed by atoms with Crippen molar-refractivity contribution in [1.82, 2.24) is 9.99 Å². The van der Waals surface area contributed by atoms with Crippen LogP contribution in [0.15, 0.2) is 123 Å². The zero-order valence-electron chi connectivity index (χ0n) is 20.4. The summed E-state index contributed by atoms with van der Waals surface area (Å²) in [7, 11) is -4.19. The van der Waals surface area contributed by atoms with Crippen molar-refractivity contribution < 1.29 is 8.42 Å². The Hall–Kier alpha value is -4.05. The molecule has 2 heterocycles. The van der Waals surface area contributed by atoms with Crippen molar-refractivity contribution in [3.05, 3.63) is 130 Å². The molecule has 4 aromatic rings. The Morgan fingerprint density at radius 2 is 1.51 bits per heavy atom. The predicted molar refractivity (Wildman–Crippen MR) is 155 cm³/mol. The molecular weight excluding hydrogens is 555 g/mol. The van der Waals surface area contributed by atoms with Gasteiger partial charge < -0.3 is 5.73 Å². The molecule has 0 unspecified atom stereocenters. The molecule has 196 valence electrons. The molecule has 0 saturated carbocycles. The standard InChI is InChI=1S/C28H22Cl2N6O2S/c29-21-11-9-20(10-12-21)26-24(19-6-2-1-3-7-19)18-36(34-26)28(33-27(31)25-8-4-5-17-32-25)35-39(37,38)23-15-13-22(30)14-16-23/h1-17,24H,18H2,(H2,31,33,35)/t24-/m1/s1. The normalized spacial score (nSPS) is 16.3. The van der Waals surface area contributed by atoms with Crippen LogP contribution in [0.3, 0.4) is 0 Å². The first-order valence-electron chi connectivity index (χ1n) is 11.8. The van der Waals surface area contributed by atoms with E-state index < -0.39 is 10.0 Å². The van der Waals surface area contributed by atoms with Crippen LogP contribution < -0.4 is 5.73 Å². The van der Waals surface area contributed by atoms with E-state index in [2.05, 4.69) is 14.4 Å². The number of hydrogen-bond donors (Lipinski definition) is 1. The van der Waals surface area contributed by atoms with Crippen LogP contribution in [-0.4, -0.2) is 42.5 Å². The maximum Gasteiger partial charge on any atom is 0.285 e. The van der Waals surface area contributed by atoms with Gasteiger partial charge in [-0.25, -0.2) is 5.01 Å². The molecule has 0 spiro atoms. The summed E-state index contributed by atoms with van der Waals surface area (Å²) in [6.07, 6.45) is 1.57. The number of hydrogen-bond acceptors (Lipinski definition) is 4. The van der Waals surface area contributed by atoms with Crippen LogP contribution in [0.2, 0.25) is 10.0 Å². The Morgan fingerprint density at radius 3 is 2.15 bits per heavy atom. The van der Waals surface area contributed by atoms with Gasteiger partial charge in [-0.2, -0.15) is 18.5 Å². The Balaban J connectivity index is 1.63. The molecule has 1 atom stereocenters. The van der Waals surface area contributed by atoms with Crippen molar-refractivity contribution in [1.29, 1.82) is 0 Å². The number of benzene rings is 3. The minimum absolute atomic E-state index is 0.00735. The zero-order chi connectivity index (χ0) is 27.4. The van der Waals surface area contributed by atoms with E-state index in [0.29, 0.717) is 21.5 Å². The lowest BCUT2D eigenvalue weighted by molar-refractivity contribution is 0.470. The van der Waals surface area contributed by atoms with E-state index in [1.807, 2.05) is 42.5 Å². The van der Waals surface area contributed by atoms with Gasteiger partial charge in [-0.15, -0.1) is 4.40 Å². The second kappa shape index (κ2) is 11.4. The van der Waals surface area contributed by atoms with Gasteiger partial charge in [0.05, 0.1) is 17.2 Å². The summed E-state index contributed by atoms with van der Waals surface area (Å²) in [5.41, 5.74) is 9.16. The van der Waals surface area contributed by atoms with E-state index >= 15 is 0 Å². The maximum absolute atomic E-state index is 13.3. The number of amidine groups is 1. The second-order valence-electron chi connectivity index (χ2n) is 8.57. The van der Waals surface area contributed by atoms with Crippen molar-refractivity contribution >= 4 is 50.7 Å². The van der Waals surface area contributed by atoms with E-state index in [1.165, 1.54) is 29.3 Å². The summed E-state index contributed by atoms with van der Waals surface area (Å²) in [5.74, 6) is -0.410. The third kappa shape index (κ3) is 6.17. The van der Waals surface area contributed by atoms with Gasteiger partial charge in [-0.1, -0.05) is 71.7 Å². The van der Waals surface area contributed by atoms with E-state index in [0.717, 1.165) is 11.1 Å². The minimum Gasteiger partial charge on any atom is -0.382 e. The molecule has 3 aromatic carbocycles. The van der Waals surface area contributed by atoms with E-state index in [4.69, 9.17) is 34.0 Å². The van der Waals surface area contributed by atoms with Crippen LogP contribution >= 0.6 is 23.2 Å². The van der Waals surface area contributed by atoms with Crippen LogP contribution in [0.5, 0.6) is 0 Å². The van der Waals surface area contributed by atoms with Crippen LogP contribution in [0.1, 0.15) is 22.7 Å². The number of rotatable bonds is 5. The summed E-state index contributed by atoms with van der Waals surface area (Å²) >= 11 is 12.1. The number of nitrogens with two attached hydrogens (primary N) is 1. The molecule has 1 aliphatic heterocycles. The van der Waals surface area contributed by atoms with Crippen LogP contribution in [0.25, 0.3) is 0 Å². The molecule has 0 radical (unpaired) electrons. The fourth-order valence-corrected chi connectivity index (χ4v) is 5.21. The van der Waals surface area contributed by atoms with Crippen LogP contribution in [0.4, 0.5) is 0 Å². The van der Waals surface area contributed by atoms with Gasteiger partial charge in [0, 0.05) is 22.2 Å². The molecule has 11 heteroatoms. The number of aromatic nitrogens is 1. The number of aliphatic imine (C=N–C) groups is 1. The average Bonchev–Trinajstić information content (AvgIpc) is 3.40. The third-order valence-corrected chi connectivity index (χ3v) is 7.72. The highest BCUT2D eigenvalue weighted by atomic mass is 35.5. The minimum atomic E-state index is -4.19. The molecule has 39 heavy (non-hydrogen) atoms. The molecule has 1 aliphatic rings. The van der Waals surface area contributed by atoms with Crippen molar-refractivity contribution in [3.8, 4) is 0 Å². The smallest absolute Gasteiger partial charge is 0.285 e. The average molecular weight is 577 g/mol. The van der Waals surface area contributed by atoms with E-state index in [9.17, 15) is 8.42 Å². The summed E-state index contributed by atoms with van der Waals surface area (Å²) in [4.78, 5) is 8.57.